The summed E-state index contributed by atoms with van der Waals surface area (Å²) >= 11 is 0. The lowest BCUT2D eigenvalue weighted by molar-refractivity contribution is 0.426. The van der Waals surface area contributed by atoms with Crippen molar-refractivity contribution in [1.82, 2.24) is 4.90 Å². The molecule has 2 aromatic carbocycles. The molecule has 0 amide bonds. The molecule has 1 unspecified atom stereocenters. The van der Waals surface area contributed by atoms with Crippen LogP contribution in [0.25, 0.3) is 23.6 Å². The van der Waals surface area contributed by atoms with E-state index in [0.29, 0.717) is 0 Å². The summed E-state index contributed by atoms with van der Waals surface area (Å²) in [5.41, 5.74) is 5.96. The van der Waals surface area contributed by atoms with Gasteiger partial charge in [0.05, 0.1) is 6.04 Å². The number of nitrogens with zero attached hydrogens (tertiary/aromatic N) is 1. The van der Waals surface area contributed by atoms with Gasteiger partial charge >= 0.3 is 0 Å². The van der Waals surface area contributed by atoms with Crippen LogP contribution in [0.15, 0.2) is 59.0 Å². The second kappa shape index (κ2) is 5.72. The molecule has 0 saturated heterocycles. The van der Waals surface area contributed by atoms with Crippen molar-refractivity contribution < 1.29 is 4.42 Å². The molecular weight excluding hydrogens is 294 g/mol. The lowest BCUT2D eigenvalue weighted by Gasteiger charge is -2.26. The minimum atomic E-state index is 0.234. The van der Waals surface area contributed by atoms with Crippen molar-refractivity contribution in [2.75, 3.05) is 7.05 Å². The van der Waals surface area contributed by atoms with Crippen LogP contribution in [0.4, 0.5) is 0 Å². The summed E-state index contributed by atoms with van der Waals surface area (Å²) in [5, 5.41) is 1.16. The Hall–Kier alpha value is -2.74. The van der Waals surface area contributed by atoms with Crippen LogP contribution < -0.4 is 10.6 Å². The molecule has 1 aromatic heterocycles. The van der Waals surface area contributed by atoms with Crippen molar-refractivity contribution in [3.05, 3.63) is 81.9 Å². The first kappa shape index (κ1) is 14.8. The molecule has 24 heavy (non-hydrogen) atoms. The fourth-order valence-corrected chi connectivity index (χ4v) is 3.46. The second-order valence-corrected chi connectivity index (χ2v) is 6.62. The van der Waals surface area contributed by atoms with Gasteiger partial charge in [-0.2, -0.15) is 0 Å². The lowest BCUT2D eigenvalue weighted by Crippen LogP contribution is -2.33. The molecule has 3 aromatic rings. The van der Waals surface area contributed by atoms with Gasteiger partial charge in [-0.15, -0.1) is 0 Å². The molecule has 0 fully saturated rings. The van der Waals surface area contributed by atoms with Crippen LogP contribution in [0, 0.1) is 13.8 Å². The van der Waals surface area contributed by atoms with E-state index in [1.807, 2.05) is 18.2 Å². The van der Waals surface area contributed by atoms with Gasteiger partial charge in [0.2, 0.25) is 0 Å². The van der Waals surface area contributed by atoms with Crippen LogP contribution in [0.2, 0.25) is 0 Å². The molecule has 0 bridgehead atoms. The average molecular weight is 315 g/mol. The van der Waals surface area contributed by atoms with Crippen molar-refractivity contribution in [2.45, 2.75) is 19.9 Å². The third kappa shape index (κ3) is 2.65. The first-order chi connectivity index (χ1) is 11.6. The van der Waals surface area contributed by atoms with Crippen LogP contribution in [-0.4, -0.2) is 11.9 Å². The lowest BCUT2D eigenvalue weighted by atomic mass is 9.98. The maximum Gasteiger partial charge on any atom is 0.150 e. The smallest absolute Gasteiger partial charge is 0.150 e. The van der Waals surface area contributed by atoms with E-state index in [-0.39, 0.29) is 6.04 Å². The van der Waals surface area contributed by atoms with Crippen molar-refractivity contribution in [1.29, 1.82) is 0 Å². The van der Waals surface area contributed by atoms with E-state index in [4.69, 9.17) is 4.42 Å². The first-order valence-corrected chi connectivity index (χ1v) is 8.29. The Morgan fingerprint density at radius 1 is 0.917 bits per heavy atom. The first-order valence-electron chi connectivity index (χ1n) is 8.29. The Morgan fingerprint density at radius 3 is 2.33 bits per heavy atom. The normalized spacial score (nSPS) is 16.3. The quantitative estimate of drug-likeness (QED) is 0.716. The molecule has 1 atom stereocenters. The van der Waals surface area contributed by atoms with Gasteiger partial charge in [-0.05, 0) is 31.6 Å². The van der Waals surface area contributed by atoms with E-state index in [2.05, 4.69) is 74.5 Å². The van der Waals surface area contributed by atoms with E-state index in [9.17, 15) is 0 Å². The highest BCUT2D eigenvalue weighted by molar-refractivity contribution is 5.59. The van der Waals surface area contributed by atoms with Gasteiger partial charge in [-0.1, -0.05) is 59.7 Å². The summed E-state index contributed by atoms with van der Waals surface area (Å²) in [5.74, 6) is 0.919. The largest absolute Gasteiger partial charge is 0.455 e. The molecule has 0 radical (unpaired) electrons. The zero-order valence-corrected chi connectivity index (χ0v) is 14.3. The minimum Gasteiger partial charge on any atom is -0.455 e. The third-order valence-electron chi connectivity index (χ3n) is 4.53. The summed E-state index contributed by atoms with van der Waals surface area (Å²) < 4.78 is 6.07. The zero-order chi connectivity index (χ0) is 16.7. The molecule has 2 heterocycles. The molecule has 0 N–H and O–H groups in total. The molecule has 1 aliphatic heterocycles. The van der Waals surface area contributed by atoms with E-state index >= 15 is 0 Å². The van der Waals surface area contributed by atoms with Gasteiger partial charge in [-0.25, -0.2) is 0 Å². The number of fused-ring (bicyclic) bond motifs is 1. The summed E-state index contributed by atoms with van der Waals surface area (Å²) in [6.45, 7) is 4.31. The monoisotopic (exact) mass is 315 g/mol. The fraction of sp³-hybridized carbons (Fsp3) is 0.182. The highest BCUT2D eigenvalue weighted by Crippen LogP contribution is 2.25. The number of rotatable bonds is 2. The van der Waals surface area contributed by atoms with Crippen LogP contribution in [0.1, 0.15) is 22.7 Å². The zero-order valence-electron chi connectivity index (χ0n) is 14.3. The van der Waals surface area contributed by atoms with Gasteiger partial charge in [0, 0.05) is 24.0 Å². The van der Waals surface area contributed by atoms with Crippen LogP contribution in [0.5, 0.6) is 0 Å². The Kier molecular flexibility index (Phi) is 3.53. The van der Waals surface area contributed by atoms with E-state index < -0.39 is 0 Å². The van der Waals surface area contributed by atoms with Crippen LogP contribution >= 0.6 is 0 Å². The summed E-state index contributed by atoms with van der Waals surface area (Å²) in [4.78, 5) is 2.22. The predicted molar refractivity (Wildman–Crippen MR) is 98.7 cm³/mol. The van der Waals surface area contributed by atoms with Crippen LogP contribution in [-0.2, 0) is 0 Å². The fourth-order valence-electron chi connectivity index (χ4n) is 3.46. The van der Waals surface area contributed by atoms with E-state index in [1.54, 1.807) is 0 Å². The van der Waals surface area contributed by atoms with Gasteiger partial charge in [0.15, 0.2) is 0 Å². The standard InChI is InChI=1S/C22H21NO/c1-15-9-16(2)11-18(10-15)20-12-19-13-21(17-7-5-4-6-8-17)24-22(19)14-23(20)3/h4-14,20H,1-3H3. The number of benzene rings is 2. The number of aryl methyl sites for hydroxylation is 2. The van der Waals surface area contributed by atoms with Gasteiger partial charge in [0.25, 0.3) is 0 Å². The average Bonchev–Trinajstić information content (AvgIpc) is 2.97. The van der Waals surface area contributed by atoms with E-state index in [1.165, 1.54) is 16.7 Å². The highest BCUT2D eigenvalue weighted by atomic mass is 16.3. The Morgan fingerprint density at radius 2 is 1.62 bits per heavy atom. The summed E-state index contributed by atoms with van der Waals surface area (Å²) in [7, 11) is 2.10. The minimum absolute atomic E-state index is 0.234. The Balaban J connectivity index is 1.81. The molecule has 120 valence electrons. The number of furan rings is 1. The molecule has 4 rings (SSSR count). The second-order valence-electron chi connectivity index (χ2n) is 6.62. The van der Waals surface area contributed by atoms with Gasteiger partial charge < -0.3 is 9.32 Å². The SMILES string of the molecule is Cc1cc(C)cc(C2C=c3cc(-c4ccccc4)oc3=CN2C)c1. The summed E-state index contributed by atoms with van der Waals surface area (Å²) in [6, 6.07) is 19.4. The topological polar surface area (TPSA) is 16.4 Å². The van der Waals surface area contributed by atoms with Crippen LogP contribution in [0.3, 0.4) is 0 Å². The Labute approximate surface area is 142 Å². The molecule has 2 nitrogen and oxygen atoms in total. The predicted octanol–water partition coefficient (Wildman–Crippen LogP) is 3.77. The van der Waals surface area contributed by atoms with Crippen molar-refractivity contribution in [3.8, 4) is 11.3 Å². The van der Waals surface area contributed by atoms with Crippen molar-refractivity contribution >= 4 is 12.3 Å². The Bertz CT molecular complexity index is 978. The molecule has 0 saturated carbocycles. The van der Waals surface area contributed by atoms with Gasteiger partial charge in [0.1, 0.15) is 11.2 Å². The van der Waals surface area contributed by atoms with E-state index in [0.717, 1.165) is 22.0 Å². The number of hydrogen-bond donors (Lipinski definition) is 0. The molecular formula is C22H21NO. The molecule has 2 heteroatoms. The molecule has 1 aliphatic rings. The maximum absolute atomic E-state index is 6.07. The van der Waals surface area contributed by atoms with Crippen molar-refractivity contribution in [2.24, 2.45) is 0 Å². The van der Waals surface area contributed by atoms with Crippen molar-refractivity contribution in [3.63, 3.8) is 0 Å². The number of hydrogen-bond acceptors (Lipinski definition) is 2. The summed E-state index contributed by atoms with van der Waals surface area (Å²) in [6.07, 6.45) is 4.39. The third-order valence-corrected chi connectivity index (χ3v) is 4.53. The molecule has 0 spiro atoms. The highest BCUT2D eigenvalue weighted by Gasteiger charge is 2.18. The maximum atomic E-state index is 6.07. The molecule has 0 aliphatic carbocycles. The van der Waals surface area contributed by atoms with Gasteiger partial charge in [-0.3, -0.25) is 0 Å².